The first kappa shape index (κ1) is 23.6. The van der Waals surface area contributed by atoms with Gasteiger partial charge in [0.15, 0.2) is 5.82 Å². The predicted molar refractivity (Wildman–Crippen MR) is 116 cm³/mol. The monoisotopic (exact) mass is 483 g/mol. The Bertz CT molecular complexity index is 779. The average Bonchev–Trinajstić information content (AvgIpc) is 3.10. The van der Waals surface area contributed by atoms with E-state index in [0.717, 1.165) is 22.6 Å². The summed E-state index contributed by atoms with van der Waals surface area (Å²) < 4.78 is 8.13. The van der Waals surface area contributed by atoms with Gasteiger partial charge >= 0.3 is 5.97 Å². The summed E-state index contributed by atoms with van der Waals surface area (Å²) >= 11 is 3.33. The van der Waals surface area contributed by atoms with Crippen molar-refractivity contribution >= 4 is 30.0 Å². The van der Waals surface area contributed by atoms with Gasteiger partial charge in [0.1, 0.15) is 11.3 Å². The minimum absolute atomic E-state index is 0.223. The fourth-order valence-electron chi connectivity index (χ4n) is 3.10. The van der Waals surface area contributed by atoms with Crippen LogP contribution in [0.25, 0.3) is 0 Å². The number of aromatic nitrogens is 5. The van der Waals surface area contributed by atoms with Crippen molar-refractivity contribution in [2.75, 3.05) is 6.61 Å². The molecule has 2 aromatic rings. The highest BCUT2D eigenvalue weighted by atomic mass is 79.9. The zero-order chi connectivity index (χ0) is 21.4. The molecule has 2 atom stereocenters. The van der Waals surface area contributed by atoms with E-state index in [4.69, 9.17) is 4.74 Å². The van der Waals surface area contributed by atoms with Gasteiger partial charge in [-0.1, -0.05) is 39.1 Å². The summed E-state index contributed by atoms with van der Waals surface area (Å²) in [6.07, 6.45) is 3.56. The van der Waals surface area contributed by atoms with Crippen LogP contribution < -0.4 is 0 Å². The zero-order valence-electron chi connectivity index (χ0n) is 17.5. The number of carboxylic acid groups (broad SMARTS) is 1. The van der Waals surface area contributed by atoms with Crippen molar-refractivity contribution in [3.8, 4) is 0 Å². The number of nitrogens with zero attached hydrogens (tertiary/aromatic N) is 5. The van der Waals surface area contributed by atoms with Gasteiger partial charge in [-0.15, -0.1) is 5.10 Å². The highest BCUT2D eigenvalue weighted by Gasteiger charge is 2.33. The maximum Gasteiger partial charge on any atom is 0.307 e. The summed E-state index contributed by atoms with van der Waals surface area (Å²) in [5.41, 5.74) is 0.940. The lowest BCUT2D eigenvalue weighted by molar-refractivity contribution is -0.143. The van der Waals surface area contributed by atoms with Crippen LogP contribution in [0.5, 0.6) is 0 Å². The van der Waals surface area contributed by atoms with Gasteiger partial charge in [0.25, 0.3) is 0 Å². The molecule has 0 aliphatic carbocycles. The first-order chi connectivity index (χ1) is 13.7. The van der Waals surface area contributed by atoms with Crippen LogP contribution >= 0.6 is 15.9 Å². The first-order valence-electron chi connectivity index (χ1n) is 9.88. The standard InChI is InChI=1S/C19H30BrN5O3Si/c1-5-6-15(19(26)27)16(11-14-7-8-17(20)21-12-14)18-22-23-24-25(18)13-28-9-10-29(2,3)4/h7-8,12,15-16H,5-6,9-11,13H2,1-4H3,(H,26,27)/t15-,16-/m0/s1. The second-order valence-corrected chi connectivity index (χ2v) is 14.9. The summed E-state index contributed by atoms with van der Waals surface area (Å²) in [6.45, 7) is 9.74. The van der Waals surface area contributed by atoms with Crippen LogP contribution in [0.3, 0.4) is 0 Å². The average molecular weight is 484 g/mol. The first-order valence-corrected chi connectivity index (χ1v) is 14.4. The fourth-order valence-corrected chi connectivity index (χ4v) is 4.09. The van der Waals surface area contributed by atoms with E-state index in [2.05, 4.69) is 56.1 Å². The molecule has 0 radical (unpaired) electrons. The molecule has 0 bridgehead atoms. The van der Waals surface area contributed by atoms with E-state index in [0.29, 0.717) is 25.3 Å². The van der Waals surface area contributed by atoms with Crippen molar-refractivity contribution in [1.82, 2.24) is 25.2 Å². The molecule has 10 heteroatoms. The summed E-state index contributed by atoms with van der Waals surface area (Å²) in [5.74, 6) is -1.25. The van der Waals surface area contributed by atoms with Gasteiger partial charge in [-0.25, -0.2) is 9.67 Å². The topological polar surface area (TPSA) is 103 Å². The Labute approximate surface area is 181 Å². The van der Waals surface area contributed by atoms with Crippen LogP contribution in [-0.2, 0) is 22.7 Å². The highest BCUT2D eigenvalue weighted by molar-refractivity contribution is 9.10. The number of halogens is 1. The number of hydrogen-bond donors (Lipinski definition) is 1. The van der Waals surface area contributed by atoms with E-state index in [-0.39, 0.29) is 12.6 Å². The zero-order valence-corrected chi connectivity index (χ0v) is 20.1. The molecule has 0 amide bonds. The Balaban J connectivity index is 2.23. The molecule has 0 saturated heterocycles. The van der Waals surface area contributed by atoms with Crippen molar-refractivity contribution < 1.29 is 14.6 Å². The van der Waals surface area contributed by atoms with E-state index >= 15 is 0 Å². The second kappa shape index (κ2) is 10.9. The summed E-state index contributed by atoms with van der Waals surface area (Å²) in [6, 6.07) is 4.84. The van der Waals surface area contributed by atoms with Gasteiger partial charge in [0, 0.05) is 26.8 Å². The van der Waals surface area contributed by atoms with Crippen LogP contribution in [0, 0.1) is 5.92 Å². The second-order valence-electron chi connectivity index (χ2n) is 8.42. The molecule has 29 heavy (non-hydrogen) atoms. The van der Waals surface area contributed by atoms with Crippen molar-refractivity contribution in [3.05, 3.63) is 34.3 Å². The van der Waals surface area contributed by atoms with Gasteiger partial charge in [-0.05, 0) is 56.9 Å². The molecular formula is C19H30BrN5O3Si. The van der Waals surface area contributed by atoms with Gasteiger partial charge in [-0.2, -0.15) is 0 Å². The number of hydrogen-bond acceptors (Lipinski definition) is 6. The number of pyridine rings is 1. The third kappa shape index (κ3) is 7.59. The minimum atomic E-state index is -1.19. The Morgan fingerprint density at radius 1 is 1.34 bits per heavy atom. The third-order valence-corrected chi connectivity index (χ3v) is 6.92. The molecule has 160 valence electrons. The quantitative estimate of drug-likeness (QED) is 0.276. The Hall–Kier alpha value is -1.65. The molecule has 0 aromatic carbocycles. The molecular weight excluding hydrogens is 454 g/mol. The predicted octanol–water partition coefficient (Wildman–Crippen LogP) is 3.97. The molecule has 0 spiro atoms. The molecule has 0 unspecified atom stereocenters. The molecule has 0 saturated carbocycles. The van der Waals surface area contributed by atoms with Gasteiger partial charge in [0.2, 0.25) is 0 Å². The molecule has 1 N–H and O–H groups in total. The number of carboxylic acids is 1. The van der Waals surface area contributed by atoms with Crippen LogP contribution in [0.2, 0.25) is 25.7 Å². The summed E-state index contributed by atoms with van der Waals surface area (Å²) in [5, 5.41) is 21.9. The van der Waals surface area contributed by atoms with Crippen molar-refractivity contribution in [3.63, 3.8) is 0 Å². The summed E-state index contributed by atoms with van der Waals surface area (Å²) in [4.78, 5) is 16.3. The van der Waals surface area contributed by atoms with E-state index < -0.39 is 20.0 Å². The van der Waals surface area contributed by atoms with Gasteiger partial charge in [-0.3, -0.25) is 4.79 Å². The molecule has 0 aliphatic rings. The Morgan fingerprint density at radius 3 is 2.69 bits per heavy atom. The normalized spacial score (nSPS) is 14.0. The Kier molecular flexibility index (Phi) is 8.91. The maximum atomic E-state index is 12.0. The molecule has 2 heterocycles. The minimum Gasteiger partial charge on any atom is -0.481 e. The summed E-state index contributed by atoms with van der Waals surface area (Å²) in [7, 11) is -1.19. The van der Waals surface area contributed by atoms with Crippen molar-refractivity contribution in [1.29, 1.82) is 0 Å². The van der Waals surface area contributed by atoms with Crippen molar-refractivity contribution in [2.45, 2.75) is 64.5 Å². The van der Waals surface area contributed by atoms with Crippen LogP contribution in [0.15, 0.2) is 22.9 Å². The lowest BCUT2D eigenvalue weighted by atomic mass is 9.83. The van der Waals surface area contributed by atoms with E-state index in [1.54, 1.807) is 10.9 Å². The number of tetrazole rings is 1. The van der Waals surface area contributed by atoms with Crippen LogP contribution in [0.4, 0.5) is 0 Å². The number of ether oxygens (including phenoxy) is 1. The Morgan fingerprint density at radius 2 is 2.10 bits per heavy atom. The molecule has 0 fully saturated rings. The van der Waals surface area contributed by atoms with E-state index in [9.17, 15) is 9.90 Å². The third-order valence-electron chi connectivity index (χ3n) is 4.75. The molecule has 0 aliphatic heterocycles. The molecule has 8 nitrogen and oxygen atoms in total. The number of carbonyl (C=O) groups is 1. The van der Waals surface area contributed by atoms with Crippen LogP contribution in [-0.4, -0.2) is 50.9 Å². The molecule has 2 aromatic heterocycles. The SMILES string of the molecule is CCC[C@H](C(=O)O)[C@H](Cc1ccc(Br)nc1)c1nnnn1COCC[Si](C)(C)C. The molecule has 2 rings (SSSR count). The number of rotatable bonds is 12. The fraction of sp³-hybridized carbons (Fsp3) is 0.632. The number of aliphatic carboxylic acids is 1. The van der Waals surface area contributed by atoms with Gasteiger partial charge < -0.3 is 9.84 Å². The van der Waals surface area contributed by atoms with E-state index in [1.165, 1.54) is 0 Å². The largest absolute Gasteiger partial charge is 0.481 e. The maximum absolute atomic E-state index is 12.0. The van der Waals surface area contributed by atoms with Crippen LogP contribution in [0.1, 0.15) is 37.1 Å². The lowest BCUT2D eigenvalue weighted by Crippen LogP contribution is -2.27. The van der Waals surface area contributed by atoms with E-state index in [1.807, 2.05) is 19.1 Å². The highest BCUT2D eigenvalue weighted by Crippen LogP contribution is 2.31. The van der Waals surface area contributed by atoms with Gasteiger partial charge in [0.05, 0.1) is 5.92 Å². The lowest BCUT2D eigenvalue weighted by Gasteiger charge is -2.23. The van der Waals surface area contributed by atoms with Crippen molar-refractivity contribution in [2.24, 2.45) is 5.92 Å². The smallest absolute Gasteiger partial charge is 0.307 e.